The van der Waals surface area contributed by atoms with Crippen LogP contribution in [-0.2, 0) is 0 Å². The Morgan fingerprint density at radius 1 is 1.25 bits per heavy atom. The van der Waals surface area contributed by atoms with Crippen LogP contribution in [0.4, 0.5) is 0 Å². The lowest BCUT2D eigenvalue weighted by molar-refractivity contribution is 0.0714. The molecule has 1 unspecified atom stereocenters. The van der Waals surface area contributed by atoms with Gasteiger partial charge in [-0.3, -0.25) is 14.7 Å². The molecule has 0 spiro atoms. The highest BCUT2D eigenvalue weighted by Gasteiger charge is 2.33. The molecule has 2 aliphatic heterocycles. The summed E-state index contributed by atoms with van der Waals surface area (Å²) < 4.78 is 5.06. The minimum atomic E-state index is -0.0865. The number of piperidine rings is 1. The van der Waals surface area contributed by atoms with Gasteiger partial charge >= 0.3 is 0 Å². The van der Waals surface area contributed by atoms with Crippen molar-refractivity contribution in [2.45, 2.75) is 31.3 Å². The fourth-order valence-electron chi connectivity index (χ4n) is 3.67. The lowest BCUT2D eigenvalue weighted by Gasteiger charge is -2.35. The molecule has 1 aromatic rings. The molecule has 2 fully saturated rings. The van der Waals surface area contributed by atoms with E-state index in [9.17, 15) is 4.79 Å². The van der Waals surface area contributed by atoms with Crippen LogP contribution in [0.1, 0.15) is 29.8 Å². The summed E-state index contributed by atoms with van der Waals surface area (Å²) in [5.41, 5.74) is 0.342. The monoisotopic (exact) mass is 333 g/mol. The molecule has 2 aliphatic rings. The van der Waals surface area contributed by atoms with E-state index in [1.54, 1.807) is 0 Å². The maximum atomic E-state index is 12.7. The summed E-state index contributed by atoms with van der Waals surface area (Å²) in [6, 6.07) is 0.900. The zero-order valence-corrected chi connectivity index (χ0v) is 14.8. The number of aromatic nitrogens is 2. The van der Waals surface area contributed by atoms with Gasteiger partial charge in [0.05, 0.1) is 19.5 Å². The molecule has 0 aromatic carbocycles. The molecule has 0 aliphatic carbocycles. The quantitative estimate of drug-likeness (QED) is 0.809. The van der Waals surface area contributed by atoms with Crippen molar-refractivity contribution in [2.75, 3.05) is 47.4 Å². The molecule has 132 valence electrons. The highest BCUT2D eigenvalue weighted by Crippen LogP contribution is 2.23. The SMILES string of the molecule is COc1cncc(C(=O)N(C)C2CCN(C3CCN(C)CC3)C2)n1. The number of carbonyl (C=O) groups excluding carboxylic acids is 1. The van der Waals surface area contributed by atoms with E-state index in [4.69, 9.17) is 4.74 Å². The Morgan fingerprint density at radius 3 is 2.71 bits per heavy atom. The predicted octanol–water partition coefficient (Wildman–Crippen LogP) is 0.726. The van der Waals surface area contributed by atoms with Gasteiger partial charge in [0.15, 0.2) is 5.69 Å². The molecular formula is C17H27N5O2. The molecule has 7 heteroatoms. The lowest BCUT2D eigenvalue weighted by Crippen LogP contribution is -2.45. The van der Waals surface area contributed by atoms with Gasteiger partial charge in [-0.25, -0.2) is 4.98 Å². The molecule has 3 rings (SSSR count). The first-order valence-corrected chi connectivity index (χ1v) is 8.64. The van der Waals surface area contributed by atoms with Crippen molar-refractivity contribution >= 4 is 5.91 Å². The minimum Gasteiger partial charge on any atom is -0.480 e. The van der Waals surface area contributed by atoms with E-state index in [0.717, 1.165) is 19.5 Å². The number of nitrogens with zero attached hydrogens (tertiary/aromatic N) is 5. The number of carbonyl (C=O) groups is 1. The highest BCUT2D eigenvalue weighted by atomic mass is 16.5. The van der Waals surface area contributed by atoms with Crippen molar-refractivity contribution in [3.05, 3.63) is 18.1 Å². The second-order valence-electron chi connectivity index (χ2n) is 6.83. The van der Waals surface area contributed by atoms with Gasteiger partial charge in [-0.2, -0.15) is 0 Å². The molecule has 1 amide bonds. The summed E-state index contributed by atoms with van der Waals surface area (Å²) >= 11 is 0. The van der Waals surface area contributed by atoms with Crippen LogP contribution in [0.25, 0.3) is 0 Å². The Balaban J connectivity index is 1.59. The number of rotatable bonds is 4. The fourth-order valence-corrected chi connectivity index (χ4v) is 3.67. The molecule has 0 bridgehead atoms. The van der Waals surface area contributed by atoms with E-state index < -0.39 is 0 Å². The van der Waals surface area contributed by atoms with Crippen LogP contribution in [0.15, 0.2) is 12.4 Å². The van der Waals surface area contributed by atoms with E-state index in [0.29, 0.717) is 17.6 Å². The van der Waals surface area contributed by atoms with Crippen LogP contribution < -0.4 is 4.74 Å². The Bertz CT molecular complexity index is 574. The molecule has 1 aromatic heterocycles. The van der Waals surface area contributed by atoms with E-state index in [1.807, 2.05) is 11.9 Å². The summed E-state index contributed by atoms with van der Waals surface area (Å²) in [5, 5.41) is 0. The van der Waals surface area contributed by atoms with Gasteiger partial charge in [-0.1, -0.05) is 0 Å². The zero-order valence-electron chi connectivity index (χ0n) is 14.8. The average molecular weight is 333 g/mol. The maximum absolute atomic E-state index is 12.7. The average Bonchev–Trinajstić information content (AvgIpc) is 3.11. The van der Waals surface area contributed by atoms with Crippen molar-refractivity contribution < 1.29 is 9.53 Å². The second-order valence-corrected chi connectivity index (χ2v) is 6.83. The zero-order chi connectivity index (χ0) is 17.1. The molecule has 2 saturated heterocycles. The number of amides is 1. The van der Waals surface area contributed by atoms with Crippen LogP contribution in [0.2, 0.25) is 0 Å². The van der Waals surface area contributed by atoms with Gasteiger partial charge in [0.2, 0.25) is 5.88 Å². The Hall–Kier alpha value is -1.73. The summed E-state index contributed by atoms with van der Waals surface area (Å²) in [5.74, 6) is 0.283. The van der Waals surface area contributed by atoms with Gasteiger partial charge in [0.25, 0.3) is 5.91 Å². The van der Waals surface area contributed by atoms with Gasteiger partial charge < -0.3 is 14.5 Å². The maximum Gasteiger partial charge on any atom is 0.274 e. The van der Waals surface area contributed by atoms with Crippen LogP contribution >= 0.6 is 0 Å². The van der Waals surface area contributed by atoms with Crippen molar-refractivity contribution in [2.24, 2.45) is 0 Å². The number of hydrogen-bond donors (Lipinski definition) is 0. The van der Waals surface area contributed by atoms with E-state index in [1.165, 1.54) is 45.4 Å². The largest absolute Gasteiger partial charge is 0.480 e. The topological polar surface area (TPSA) is 61.8 Å². The molecule has 24 heavy (non-hydrogen) atoms. The molecule has 7 nitrogen and oxygen atoms in total. The van der Waals surface area contributed by atoms with Gasteiger partial charge in [-0.15, -0.1) is 0 Å². The van der Waals surface area contributed by atoms with E-state index in [-0.39, 0.29) is 11.9 Å². The third-order valence-corrected chi connectivity index (χ3v) is 5.31. The van der Waals surface area contributed by atoms with Crippen molar-refractivity contribution in [1.82, 2.24) is 24.7 Å². The number of ether oxygens (including phenoxy) is 1. The molecule has 0 N–H and O–H groups in total. The van der Waals surface area contributed by atoms with Gasteiger partial charge in [0.1, 0.15) is 0 Å². The number of hydrogen-bond acceptors (Lipinski definition) is 6. The van der Waals surface area contributed by atoms with Crippen molar-refractivity contribution in [1.29, 1.82) is 0 Å². The summed E-state index contributed by atoms with van der Waals surface area (Å²) in [6.07, 6.45) is 6.48. The van der Waals surface area contributed by atoms with E-state index >= 15 is 0 Å². The molecule has 0 saturated carbocycles. The highest BCUT2D eigenvalue weighted by molar-refractivity contribution is 5.92. The lowest BCUT2D eigenvalue weighted by atomic mass is 10.0. The van der Waals surface area contributed by atoms with Crippen LogP contribution in [0.3, 0.4) is 0 Å². The Labute approximate surface area is 143 Å². The third kappa shape index (κ3) is 3.67. The Morgan fingerprint density at radius 2 is 2.00 bits per heavy atom. The first-order chi connectivity index (χ1) is 11.6. The molecule has 1 atom stereocenters. The number of likely N-dealkylation sites (N-methyl/N-ethyl adjacent to an activating group) is 1. The summed E-state index contributed by atoms with van der Waals surface area (Å²) in [6.45, 7) is 4.36. The fraction of sp³-hybridized carbons (Fsp3) is 0.706. The van der Waals surface area contributed by atoms with Crippen LogP contribution in [-0.4, -0.2) is 90.0 Å². The number of methoxy groups -OCH3 is 1. The third-order valence-electron chi connectivity index (χ3n) is 5.31. The summed E-state index contributed by atoms with van der Waals surface area (Å²) in [4.78, 5) is 27.7. The van der Waals surface area contributed by atoms with Crippen LogP contribution in [0.5, 0.6) is 5.88 Å². The minimum absolute atomic E-state index is 0.0865. The van der Waals surface area contributed by atoms with Gasteiger partial charge in [-0.05, 0) is 39.4 Å². The normalized spacial score (nSPS) is 23.4. The molecule has 3 heterocycles. The first kappa shape index (κ1) is 17.1. The standard InChI is InChI=1S/C17H27N5O2/c1-20-7-4-13(5-8-20)22-9-6-14(12-22)21(2)17(23)15-10-18-11-16(19-15)24-3/h10-11,13-14H,4-9,12H2,1-3H3. The smallest absolute Gasteiger partial charge is 0.274 e. The van der Waals surface area contributed by atoms with Gasteiger partial charge in [0, 0.05) is 32.2 Å². The van der Waals surface area contributed by atoms with Crippen molar-refractivity contribution in [3.8, 4) is 5.88 Å². The van der Waals surface area contributed by atoms with Crippen LogP contribution in [0, 0.1) is 0 Å². The van der Waals surface area contributed by atoms with Crippen molar-refractivity contribution in [3.63, 3.8) is 0 Å². The Kier molecular flexibility index (Phi) is 5.30. The number of likely N-dealkylation sites (tertiary alicyclic amines) is 2. The second kappa shape index (κ2) is 7.44. The predicted molar refractivity (Wildman–Crippen MR) is 91.2 cm³/mol. The first-order valence-electron chi connectivity index (χ1n) is 8.64. The molecule has 0 radical (unpaired) electrons. The summed E-state index contributed by atoms with van der Waals surface area (Å²) in [7, 11) is 5.58. The molecular weight excluding hydrogens is 306 g/mol. The van der Waals surface area contributed by atoms with E-state index in [2.05, 4.69) is 26.8 Å².